The lowest BCUT2D eigenvalue weighted by atomic mass is 9.77. The van der Waals surface area contributed by atoms with E-state index in [0.29, 0.717) is 29.9 Å². The van der Waals surface area contributed by atoms with E-state index in [2.05, 4.69) is 25.6 Å². The number of H-pyrrole nitrogens is 1. The van der Waals surface area contributed by atoms with E-state index in [1.54, 1.807) is 11.6 Å². The minimum atomic E-state index is -0.477. The Kier molecular flexibility index (Phi) is 4.30. The molecule has 2 aliphatic rings. The van der Waals surface area contributed by atoms with Crippen LogP contribution < -0.4 is 10.9 Å². The van der Waals surface area contributed by atoms with Crippen LogP contribution in [0.15, 0.2) is 23.3 Å². The number of carbonyl (C=O) groups excluding carboxylic acids is 1. The van der Waals surface area contributed by atoms with Gasteiger partial charge in [0, 0.05) is 44.2 Å². The van der Waals surface area contributed by atoms with E-state index in [9.17, 15) is 14.0 Å². The van der Waals surface area contributed by atoms with Crippen molar-refractivity contribution < 1.29 is 9.18 Å². The fraction of sp³-hybridized carbons (Fsp3) is 0.450. The van der Waals surface area contributed by atoms with Crippen molar-refractivity contribution in [3.05, 3.63) is 46.1 Å². The number of anilines is 1. The number of amides is 1. The Morgan fingerprint density at radius 2 is 2.03 bits per heavy atom. The van der Waals surface area contributed by atoms with Crippen molar-refractivity contribution >= 4 is 22.4 Å². The second kappa shape index (κ2) is 6.89. The Morgan fingerprint density at radius 3 is 2.70 bits per heavy atom. The monoisotopic (exact) mass is 411 g/mol. The maximum atomic E-state index is 14.3. The van der Waals surface area contributed by atoms with Gasteiger partial charge in [0.1, 0.15) is 18.0 Å². The predicted octanol–water partition coefficient (Wildman–Crippen LogP) is 1.38. The molecule has 2 atom stereocenters. The van der Waals surface area contributed by atoms with Crippen LogP contribution >= 0.6 is 0 Å². The molecule has 0 spiro atoms. The van der Waals surface area contributed by atoms with Crippen LogP contribution in [0.4, 0.5) is 10.1 Å². The first-order chi connectivity index (χ1) is 14.4. The summed E-state index contributed by atoms with van der Waals surface area (Å²) in [6.45, 7) is 2.93. The Morgan fingerprint density at radius 1 is 1.27 bits per heavy atom. The quantitative estimate of drug-likeness (QED) is 0.659. The molecule has 2 aromatic heterocycles. The van der Waals surface area contributed by atoms with E-state index >= 15 is 0 Å². The third-order valence-corrected chi connectivity index (χ3v) is 6.38. The van der Waals surface area contributed by atoms with E-state index in [-0.39, 0.29) is 29.2 Å². The standard InChI is InChI=1S/C20H22FN7O2/c1-10(29)28-5-3-11(4-6-28)17-16(19-22-9-23-27(19)2)18-15-13(20(30)26-25-18)7-12(21)8-14(15)24-17/h7-9,11,16-17,24H,3-6H2,1-2H3,(H,26,30)/t16-,17-/m1/s1. The van der Waals surface area contributed by atoms with Crippen LogP contribution in [0.25, 0.3) is 10.8 Å². The number of rotatable bonds is 2. The topological polar surface area (TPSA) is 109 Å². The fourth-order valence-corrected chi connectivity index (χ4v) is 4.89. The minimum Gasteiger partial charge on any atom is -0.380 e. The summed E-state index contributed by atoms with van der Waals surface area (Å²) in [5.74, 6) is 0.254. The third kappa shape index (κ3) is 2.86. The molecule has 1 fully saturated rings. The Bertz CT molecular complexity index is 1200. The third-order valence-electron chi connectivity index (χ3n) is 6.38. The molecule has 1 amide bonds. The maximum absolute atomic E-state index is 14.3. The maximum Gasteiger partial charge on any atom is 0.272 e. The van der Waals surface area contributed by atoms with Gasteiger partial charge in [0.25, 0.3) is 5.56 Å². The van der Waals surface area contributed by atoms with Gasteiger partial charge in [0.05, 0.1) is 17.0 Å². The summed E-state index contributed by atoms with van der Waals surface area (Å²) in [6, 6.07) is 2.53. The van der Waals surface area contributed by atoms with Crippen LogP contribution in [0.3, 0.4) is 0 Å². The second-order valence-electron chi connectivity index (χ2n) is 8.05. The van der Waals surface area contributed by atoms with Crippen molar-refractivity contribution in [2.24, 2.45) is 13.0 Å². The molecular weight excluding hydrogens is 389 g/mol. The number of likely N-dealkylation sites (tertiary alicyclic amines) is 1. The first-order valence-electron chi connectivity index (χ1n) is 10.0. The summed E-state index contributed by atoms with van der Waals surface area (Å²) in [5.41, 5.74) is 0.797. The summed E-state index contributed by atoms with van der Waals surface area (Å²) in [6.07, 6.45) is 3.11. The zero-order valence-electron chi connectivity index (χ0n) is 16.7. The fourth-order valence-electron chi connectivity index (χ4n) is 4.89. The molecule has 0 unspecified atom stereocenters. The van der Waals surface area contributed by atoms with Crippen molar-refractivity contribution in [1.29, 1.82) is 0 Å². The van der Waals surface area contributed by atoms with Gasteiger partial charge in [-0.15, -0.1) is 0 Å². The second-order valence-corrected chi connectivity index (χ2v) is 8.05. The molecule has 1 saturated heterocycles. The van der Waals surface area contributed by atoms with Crippen molar-refractivity contribution in [3.63, 3.8) is 0 Å². The molecule has 1 aromatic carbocycles. The van der Waals surface area contributed by atoms with Gasteiger partial charge < -0.3 is 10.2 Å². The van der Waals surface area contributed by atoms with E-state index < -0.39 is 11.4 Å². The smallest absolute Gasteiger partial charge is 0.272 e. The van der Waals surface area contributed by atoms with Gasteiger partial charge in [0.15, 0.2) is 0 Å². The normalized spacial score (nSPS) is 21.6. The highest BCUT2D eigenvalue weighted by Gasteiger charge is 2.41. The first kappa shape index (κ1) is 18.7. The molecule has 4 heterocycles. The Hall–Kier alpha value is -3.30. The average molecular weight is 411 g/mol. The highest BCUT2D eigenvalue weighted by molar-refractivity contribution is 5.97. The van der Waals surface area contributed by atoms with Crippen LogP contribution in [0, 0.1) is 11.7 Å². The summed E-state index contributed by atoms with van der Waals surface area (Å²) >= 11 is 0. The van der Waals surface area contributed by atoms with Gasteiger partial charge in [-0.2, -0.15) is 10.2 Å². The van der Waals surface area contributed by atoms with Crippen molar-refractivity contribution in [1.82, 2.24) is 29.9 Å². The minimum absolute atomic E-state index is 0.0753. The van der Waals surface area contributed by atoms with E-state index in [4.69, 9.17) is 0 Å². The molecule has 0 bridgehead atoms. The summed E-state index contributed by atoms with van der Waals surface area (Å²) in [7, 11) is 1.82. The molecule has 0 aliphatic carbocycles. The van der Waals surface area contributed by atoms with Crippen LogP contribution in [-0.2, 0) is 11.8 Å². The number of aromatic nitrogens is 5. The zero-order valence-corrected chi connectivity index (χ0v) is 16.7. The number of carbonyl (C=O) groups is 1. The molecule has 10 heteroatoms. The summed E-state index contributed by atoms with van der Waals surface area (Å²) in [5, 5.41) is 15.5. The molecule has 0 radical (unpaired) electrons. The number of nitrogens with one attached hydrogen (secondary N) is 2. The Balaban J connectivity index is 1.65. The first-order valence-corrected chi connectivity index (χ1v) is 10.0. The molecule has 0 saturated carbocycles. The lowest BCUT2D eigenvalue weighted by Gasteiger charge is -2.41. The van der Waals surface area contributed by atoms with Gasteiger partial charge in [-0.25, -0.2) is 14.5 Å². The number of hydrogen-bond donors (Lipinski definition) is 2. The molecule has 2 N–H and O–H groups in total. The van der Waals surface area contributed by atoms with Crippen molar-refractivity contribution in [2.45, 2.75) is 31.7 Å². The largest absolute Gasteiger partial charge is 0.380 e. The number of halogens is 1. The van der Waals surface area contributed by atoms with Gasteiger partial charge >= 0.3 is 0 Å². The highest BCUT2D eigenvalue weighted by Crippen LogP contribution is 2.43. The van der Waals surface area contributed by atoms with Crippen molar-refractivity contribution in [3.8, 4) is 0 Å². The van der Waals surface area contributed by atoms with Crippen LogP contribution in [-0.4, -0.2) is 54.9 Å². The van der Waals surface area contributed by atoms with Gasteiger partial charge in [0.2, 0.25) is 5.91 Å². The zero-order chi connectivity index (χ0) is 21.0. The lowest BCUT2D eigenvalue weighted by molar-refractivity contribution is -0.130. The summed E-state index contributed by atoms with van der Waals surface area (Å²) < 4.78 is 16.0. The lowest BCUT2D eigenvalue weighted by Crippen LogP contribution is -2.46. The number of nitrogens with zero attached hydrogens (tertiary/aromatic N) is 5. The molecular formula is C20H22FN7O2. The number of piperidine rings is 1. The Labute approximate surface area is 171 Å². The van der Waals surface area contributed by atoms with Crippen LogP contribution in [0.2, 0.25) is 0 Å². The van der Waals surface area contributed by atoms with E-state index in [0.717, 1.165) is 18.7 Å². The average Bonchev–Trinajstić information content (AvgIpc) is 3.15. The number of aryl methyl sites for hydroxylation is 1. The molecule has 3 aromatic rings. The van der Waals surface area contributed by atoms with Crippen LogP contribution in [0.1, 0.15) is 37.2 Å². The van der Waals surface area contributed by atoms with Gasteiger partial charge in [-0.1, -0.05) is 0 Å². The van der Waals surface area contributed by atoms with Crippen LogP contribution in [0.5, 0.6) is 0 Å². The number of hydrogen-bond acceptors (Lipinski definition) is 6. The van der Waals surface area contributed by atoms with E-state index in [1.807, 2.05) is 11.9 Å². The molecule has 30 heavy (non-hydrogen) atoms. The highest BCUT2D eigenvalue weighted by atomic mass is 19.1. The summed E-state index contributed by atoms with van der Waals surface area (Å²) in [4.78, 5) is 30.4. The van der Waals surface area contributed by atoms with Crippen molar-refractivity contribution in [2.75, 3.05) is 18.4 Å². The van der Waals surface area contributed by atoms with Gasteiger partial charge in [-0.05, 0) is 30.9 Å². The molecule has 2 aliphatic heterocycles. The molecule has 156 valence electrons. The van der Waals surface area contributed by atoms with E-state index in [1.165, 1.54) is 18.5 Å². The number of aromatic amines is 1. The predicted molar refractivity (Wildman–Crippen MR) is 108 cm³/mol. The SMILES string of the molecule is CC(=O)N1CCC([C@H]2Nc3cc(F)cc4c(=O)[nH]nc(c34)[C@@H]2c2ncnn2C)CC1. The number of benzene rings is 1. The molecule has 9 nitrogen and oxygen atoms in total. The van der Waals surface area contributed by atoms with Gasteiger partial charge in [-0.3, -0.25) is 14.3 Å². The molecule has 5 rings (SSSR count).